The van der Waals surface area contributed by atoms with Gasteiger partial charge in [-0.15, -0.1) is 0 Å². The second-order valence-electron chi connectivity index (χ2n) is 24.7. The summed E-state index contributed by atoms with van der Waals surface area (Å²) in [7, 11) is 0. The quantitative estimate of drug-likeness (QED) is 0.0224. The van der Waals surface area contributed by atoms with Crippen LogP contribution in [-0.2, 0) is 76.0 Å². The Balaban J connectivity index is 1.24. The highest BCUT2D eigenvalue weighted by molar-refractivity contribution is 5.87. The average Bonchev–Trinajstić information content (AvgIpc) is 1.98. The molecule has 22 nitrogen and oxygen atoms in total. The lowest BCUT2D eigenvalue weighted by atomic mass is 9.95. The van der Waals surface area contributed by atoms with E-state index in [-0.39, 0.29) is 18.9 Å². The van der Waals surface area contributed by atoms with Crippen molar-refractivity contribution < 1.29 is 107 Å². The maximum Gasteiger partial charge on any atom is 0.331 e. The molecule has 0 bridgehead atoms. The molecule has 502 valence electrons. The van der Waals surface area contributed by atoms with Crippen molar-refractivity contribution in [2.24, 2.45) is 5.92 Å². The number of ether oxygens (including phenoxy) is 12. The molecule has 0 aliphatic carbocycles. The van der Waals surface area contributed by atoms with E-state index in [1.54, 1.807) is 45.0 Å². The second-order valence-corrected chi connectivity index (χ2v) is 24.7. The first kappa shape index (κ1) is 73.3. The van der Waals surface area contributed by atoms with Crippen LogP contribution in [0, 0.1) is 5.92 Å². The van der Waals surface area contributed by atoms with Gasteiger partial charge in [0.05, 0.1) is 36.9 Å². The molecule has 5 aliphatic rings. The summed E-state index contributed by atoms with van der Waals surface area (Å²) in [5.74, 6) is -3.60. The van der Waals surface area contributed by atoms with Crippen molar-refractivity contribution in [1.29, 1.82) is 0 Å². The predicted molar refractivity (Wildman–Crippen MR) is 320 cm³/mol. The van der Waals surface area contributed by atoms with Gasteiger partial charge in [-0.2, -0.15) is 0 Å². The van der Waals surface area contributed by atoms with E-state index >= 15 is 0 Å². The van der Waals surface area contributed by atoms with E-state index in [4.69, 9.17) is 56.8 Å². The lowest BCUT2D eigenvalue weighted by molar-refractivity contribution is -0.389. The number of fused-ring (bicyclic) bond motifs is 2. The van der Waals surface area contributed by atoms with Gasteiger partial charge in [-0.3, -0.25) is 14.4 Å². The van der Waals surface area contributed by atoms with Crippen LogP contribution in [0.15, 0.2) is 36.4 Å². The topological polar surface area (TPSA) is 300 Å². The molecule has 5 fully saturated rings. The normalized spacial score (nSPS) is 36.0. The van der Waals surface area contributed by atoms with Crippen molar-refractivity contribution in [1.82, 2.24) is 0 Å². The minimum atomic E-state index is -1.81. The van der Waals surface area contributed by atoms with Crippen molar-refractivity contribution in [3.63, 3.8) is 0 Å². The minimum Gasteiger partial charge on any atom is -0.457 e. The van der Waals surface area contributed by atoms with E-state index in [1.807, 2.05) is 6.07 Å². The molecule has 0 saturated carbocycles. The van der Waals surface area contributed by atoms with Crippen LogP contribution < -0.4 is 0 Å². The summed E-state index contributed by atoms with van der Waals surface area (Å²) >= 11 is 0. The standard InChI is InChI=1S/C66H106O22/c1-8-11-13-14-15-16-19-22-29-35-47(68)82-55-41(5)77-63(59(52(55)73)84-49(70)38-37-44-31-26-24-27-32-44)86-57-43(7)79-65(61(54(57)75)85-62(76)40(4)10-3)87-56-42(6)78-64-60(53(56)74)83-48(69)36-30-23-20-17-18-21-28-34-45(33-25-12-9-2)80-66-58(88-64)51(72)50(71)46(39-67)81-66/h24,26-27,31-32,37-38,40-43,45-46,50-61,63-67,71-75H,8-23,25,28-30,33-36,39H2,1-7H3. The van der Waals surface area contributed by atoms with Gasteiger partial charge >= 0.3 is 23.9 Å². The lowest BCUT2D eigenvalue weighted by Crippen LogP contribution is -2.67. The highest BCUT2D eigenvalue weighted by atomic mass is 16.8. The molecule has 22 atom stereocenters. The fourth-order valence-electron chi connectivity index (χ4n) is 11.9. The summed E-state index contributed by atoms with van der Waals surface area (Å²) < 4.78 is 75.0. The lowest BCUT2D eigenvalue weighted by Gasteiger charge is -2.50. The van der Waals surface area contributed by atoms with E-state index in [2.05, 4.69) is 13.8 Å². The molecule has 22 heteroatoms. The van der Waals surface area contributed by atoms with Crippen molar-refractivity contribution in [2.45, 2.75) is 331 Å². The third kappa shape index (κ3) is 22.0. The number of carbonyl (C=O) groups excluding carboxylic acids is 4. The Morgan fingerprint density at radius 1 is 0.580 bits per heavy atom. The van der Waals surface area contributed by atoms with Gasteiger partial charge in [0, 0.05) is 18.9 Å². The Morgan fingerprint density at radius 2 is 1.14 bits per heavy atom. The molecule has 0 amide bonds. The Labute approximate surface area is 520 Å². The number of esters is 4. The van der Waals surface area contributed by atoms with Crippen LogP contribution >= 0.6 is 0 Å². The minimum absolute atomic E-state index is 0.0190. The molecule has 6 rings (SSSR count). The zero-order chi connectivity index (χ0) is 63.7. The van der Waals surface area contributed by atoms with Gasteiger partial charge in [0.1, 0.15) is 54.9 Å². The van der Waals surface area contributed by atoms with Crippen molar-refractivity contribution >= 4 is 30.0 Å². The number of hydrogen-bond donors (Lipinski definition) is 6. The van der Waals surface area contributed by atoms with Gasteiger partial charge in [-0.25, -0.2) is 4.79 Å². The molecule has 6 N–H and O–H groups in total. The summed E-state index contributed by atoms with van der Waals surface area (Å²) in [6.45, 7) is 11.6. The van der Waals surface area contributed by atoms with E-state index in [0.29, 0.717) is 37.7 Å². The largest absolute Gasteiger partial charge is 0.457 e. The zero-order valence-electron chi connectivity index (χ0n) is 53.1. The number of hydrogen-bond acceptors (Lipinski definition) is 22. The first-order valence-corrected chi connectivity index (χ1v) is 33.2. The number of aliphatic hydroxyl groups excluding tert-OH is 6. The maximum absolute atomic E-state index is 13.8. The van der Waals surface area contributed by atoms with E-state index in [1.165, 1.54) is 45.6 Å². The fourth-order valence-corrected chi connectivity index (χ4v) is 11.9. The summed E-state index contributed by atoms with van der Waals surface area (Å²) in [5.41, 5.74) is 0.682. The summed E-state index contributed by atoms with van der Waals surface area (Å²) in [6, 6.07) is 8.95. The van der Waals surface area contributed by atoms with E-state index in [0.717, 1.165) is 89.5 Å². The molecule has 5 saturated heterocycles. The number of unbranched alkanes of at least 4 members (excludes halogenated alkanes) is 10. The van der Waals surface area contributed by atoms with E-state index in [9.17, 15) is 49.8 Å². The van der Waals surface area contributed by atoms with Gasteiger partial charge in [-0.1, -0.05) is 167 Å². The number of aliphatic hydroxyl groups is 6. The predicted octanol–water partition coefficient (Wildman–Crippen LogP) is 7.72. The molecular weight excluding hydrogens is 1140 g/mol. The molecule has 0 spiro atoms. The Morgan fingerprint density at radius 3 is 1.78 bits per heavy atom. The van der Waals surface area contributed by atoms with Crippen LogP contribution in [0.2, 0.25) is 0 Å². The zero-order valence-corrected chi connectivity index (χ0v) is 53.1. The van der Waals surface area contributed by atoms with Crippen LogP contribution in [0.25, 0.3) is 6.08 Å². The van der Waals surface area contributed by atoms with Gasteiger partial charge < -0.3 is 87.5 Å². The van der Waals surface area contributed by atoms with Gasteiger partial charge in [0.2, 0.25) is 0 Å². The molecule has 0 aromatic heterocycles. The van der Waals surface area contributed by atoms with Crippen molar-refractivity contribution in [3.8, 4) is 0 Å². The first-order valence-electron chi connectivity index (χ1n) is 33.2. The number of carbonyl (C=O) groups is 4. The van der Waals surface area contributed by atoms with Crippen molar-refractivity contribution in [3.05, 3.63) is 42.0 Å². The second kappa shape index (κ2) is 38.3. The van der Waals surface area contributed by atoms with Crippen LogP contribution in [0.4, 0.5) is 0 Å². The Bertz CT molecular complexity index is 2200. The van der Waals surface area contributed by atoms with Gasteiger partial charge in [-0.05, 0) is 64.5 Å². The fraction of sp³-hybridized carbons (Fsp3) is 0.818. The van der Waals surface area contributed by atoms with Crippen LogP contribution in [0.3, 0.4) is 0 Å². The van der Waals surface area contributed by atoms with Crippen molar-refractivity contribution in [2.75, 3.05) is 6.61 Å². The highest BCUT2D eigenvalue weighted by Gasteiger charge is 2.57. The van der Waals surface area contributed by atoms with Crippen LogP contribution in [0.5, 0.6) is 0 Å². The van der Waals surface area contributed by atoms with Gasteiger partial charge in [0.25, 0.3) is 0 Å². The molecule has 1 aromatic carbocycles. The third-order valence-corrected chi connectivity index (χ3v) is 17.6. The van der Waals surface area contributed by atoms with Crippen LogP contribution in [0.1, 0.15) is 208 Å². The van der Waals surface area contributed by atoms with Crippen LogP contribution in [-0.4, -0.2) is 190 Å². The SMILES string of the molecule is CCCCCCCCCCCC(=O)OC1C(C)OC(OC2C(C)OC(OC3C(C)OC4OC5C(OC(CCCCC)CCCCCCCCCC(=O)OC4C3O)OC(CO)C(O)C5O)C(OC(=O)C(C)CC)C2O)C(OC(=O)C=Cc2ccccc2)C1O. The molecule has 5 heterocycles. The highest BCUT2D eigenvalue weighted by Crippen LogP contribution is 2.38. The Hall–Kier alpha value is -3.72. The average molecular weight is 1250 g/mol. The smallest absolute Gasteiger partial charge is 0.331 e. The first-order chi connectivity index (χ1) is 42.4. The number of rotatable bonds is 26. The van der Waals surface area contributed by atoms with E-state index < -0.39 is 159 Å². The molecule has 5 aliphatic heterocycles. The summed E-state index contributed by atoms with van der Waals surface area (Å²) in [4.78, 5) is 54.5. The molecule has 88 heavy (non-hydrogen) atoms. The monoisotopic (exact) mass is 1250 g/mol. The molecule has 22 unspecified atom stereocenters. The third-order valence-electron chi connectivity index (χ3n) is 17.6. The molecule has 1 aromatic rings. The van der Waals surface area contributed by atoms with Gasteiger partial charge in [0.15, 0.2) is 49.6 Å². The molecular formula is C66H106O22. The summed E-state index contributed by atoms with van der Waals surface area (Å²) in [5, 5.41) is 70.1. The molecule has 0 radical (unpaired) electrons. The Kier molecular flexibility index (Phi) is 31.9. The number of benzene rings is 1. The maximum atomic E-state index is 13.8. The summed E-state index contributed by atoms with van der Waals surface area (Å²) in [6.07, 6.45) is -8.18.